The number of phenolic OH excluding ortho intramolecular Hbond substituents is 2. The van der Waals surface area contributed by atoms with Crippen LogP contribution in [0.2, 0.25) is 0 Å². The van der Waals surface area contributed by atoms with Gasteiger partial charge in [0.15, 0.2) is 5.43 Å². The van der Waals surface area contributed by atoms with Gasteiger partial charge in [0, 0.05) is 23.8 Å². The van der Waals surface area contributed by atoms with Crippen LogP contribution in [0.15, 0.2) is 51.7 Å². The van der Waals surface area contributed by atoms with Gasteiger partial charge in [-0.3, -0.25) is 14.4 Å². The van der Waals surface area contributed by atoms with Crippen molar-refractivity contribution in [3.63, 3.8) is 0 Å². The number of aliphatic carboxylic acids is 1. The highest BCUT2D eigenvalue weighted by atomic mass is 16.7. The molecule has 1 aliphatic heterocycles. The Morgan fingerprint density at radius 2 is 1.66 bits per heavy atom. The predicted octanol–water partition coefficient (Wildman–Crippen LogP) is 0.217. The molecule has 1 aliphatic rings. The quantitative estimate of drug-likeness (QED) is 0.169. The molecule has 1 aromatic heterocycles. The molecular weight excluding hydrogens is 548 g/mol. The van der Waals surface area contributed by atoms with E-state index in [2.05, 4.69) is 0 Å². The fourth-order valence-electron chi connectivity index (χ4n) is 4.29. The Hall–Kier alpha value is -4.21. The maximum atomic E-state index is 12.7. The molecule has 2 heterocycles. The second-order valence-corrected chi connectivity index (χ2v) is 9.90. The zero-order valence-electron chi connectivity index (χ0n) is 21.5. The maximum Gasteiger partial charge on any atom is 0.308 e. The number of aliphatic hydroxyl groups excluding tert-OH is 3. The van der Waals surface area contributed by atoms with Gasteiger partial charge >= 0.3 is 11.9 Å². The first-order valence-corrected chi connectivity index (χ1v) is 12.3. The van der Waals surface area contributed by atoms with Crippen LogP contribution < -0.4 is 10.2 Å². The number of benzene rings is 2. The summed E-state index contributed by atoms with van der Waals surface area (Å²) < 4.78 is 21.8. The Labute approximate surface area is 231 Å². The molecule has 0 aliphatic carbocycles. The number of carbonyl (C=O) groups excluding carboxylic acids is 1. The maximum absolute atomic E-state index is 12.7. The van der Waals surface area contributed by atoms with Crippen LogP contribution in [-0.2, 0) is 19.1 Å². The first kappa shape index (κ1) is 29.8. The highest BCUT2D eigenvalue weighted by molar-refractivity contribution is 5.86. The standard InChI is InChI=1S/C27H28O14/c1-27(37,9-20(31)32)10-21(33)38-11-19-23(34)24(35)25(36)26(41-19)39-14-6-15(29)22-16(30)8-17(40-18(22)7-14)12-2-4-13(28)5-3-12/h2-8,19,23-26,28-29,34-37H,9-11H2,1H3,(H,31,32)/t19-,23-,24+,25-,26?,27?/m1/s1. The Morgan fingerprint density at radius 3 is 2.32 bits per heavy atom. The minimum Gasteiger partial charge on any atom is -0.508 e. The Kier molecular flexibility index (Phi) is 8.51. The van der Waals surface area contributed by atoms with Crippen molar-refractivity contribution in [2.45, 2.75) is 56.1 Å². The number of hydrogen-bond acceptors (Lipinski definition) is 13. The number of rotatable bonds is 9. The molecule has 2 unspecified atom stereocenters. The second kappa shape index (κ2) is 11.7. The zero-order valence-corrected chi connectivity index (χ0v) is 21.5. The molecule has 6 atom stereocenters. The van der Waals surface area contributed by atoms with E-state index in [0.717, 1.165) is 19.1 Å². The van der Waals surface area contributed by atoms with Gasteiger partial charge in [0.2, 0.25) is 6.29 Å². The minimum absolute atomic E-state index is 0.00157. The van der Waals surface area contributed by atoms with E-state index < -0.39 is 78.9 Å². The van der Waals surface area contributed by atoms with Crippen molar-refractivity contribution >= 4 is 22.9 Å². The molecule has 0 saturated carbocycles. The third kappa shape index (κ3) is 6.93. The second-order valence-electron chi connectivity index (χ2n) is 9.90. The number of hydrogen-bond donors (Lipinski definition) is 7. The van der Waals surface area contributed by atoms with Gasteiger partial charge in [0.1, 0.15) is 65.0 Å². The van der Waals surface area contributed by atoms with Gasteiger partial charge in [-0.05, 0) is 31.2 Å². The molecule has 0 bridgehead atoms. The number of phenols is 2. The number of aliphatic hydroxyl groups is 4. The molecule has 0 amide bonds. The van der Waals surface area contributed by atoms with Gasteiger partial charge in [-0.15, -0.1) is 0 Å². The van der Waals surface area contributed by atoms with E-state index in [1.54, 1.807) is 0 Å². The average molecular weight is 577 g/mol. The highest BCUT2D eigenvalue weighted by Crippen LogP contribution is 2.33. The van der Waals surface area contributed by atoms with Crippen LogP contribution in [0.25, 0.3) is 22.3 Å². The molecule has 7 N–H and O–H groups in total. The molecule has 1 saturated heterocycles. The summed E-state index contributed by atoms with van der Waals surface area (Å²) in [7, 11) is 0. The van der Waals surface area contributed by atoms with Crippen molar-refractivity contribution in [1.29, 1.82) is 0 Å². The topological polar surface area (TPSA) is 234 Å². The number of carboxylic acid groups (broad SMARTS) is 1. The predicted molar refractivity (Wildman–Crippen MR) is 137 cm³/mol. The molecule has 3 aromatic rings. The number of carbonyl (C=O) groups is 2. The lowest BCUT2D eigenvalue weighted by atomic mass is 9.98. The smallest absolute Gasteiger partial charge is 0.308 e. The first-order valence-electron chi connectivity index (χ1n) is 12.3. The fraction of sp³-hybridized carbons (Fsp3) is 0.370. The summed E-state index contributed by atoms with van der Waals surface area (Å²) in [4.78, 5) is 35.6. The Balaban J connectivity index is 1.52. The third-order valence-electron chi connectivity index (χ3n) is 6.32. The monoisotopic (exact) mass is 576 g/mol. The van der Waals surface area contributed by atoms with Gasteiger partial charge in [0.25, 0.3) is 0 Å². The molecule has 41 heavy (non-hydrogen) atoms. The van der Waals surface area contributed by atoms with E-state index in [-0.39, 0.29) is 28.2 Å². The van der Waals surface area contributed by atoms with Crippen LogP contribution >= 0.6 is 0 Å². The summed E-state index contributed by atoms with van der Waals surface area (Å²) in [5.41, 5.74) is -2.11. The average Bonchev–Trinajstić information content (AvgIpc) is 2.87. The molecule has 1 fully saturated rings. The van der Waals surface area contributed by atoms with Crippen LogP contribution in [0.5, 0.6) is 17.2 Å². The minimum atomic E-state index is -1.90. The third-order valence-corrected chi connectivity index (χ3v) is 6.32. The summed E-state index contributed by atoms with van der Waals surface area (Å²) in [6.45, 7) is 0.480. The van der Waals surface area contributed by atoms with Gasteiger partial charge in [0.05, 0.1) is 18.4 Å². The fourth-order valence-corrected chi connectivity index (χ4v) is 4.29. The number of carboxylic acids is 1. The van der Waals surface area contributed by atoms with Crippen molar-refractivity contribution in [2.24, 2.45) is 0 Å². The first-order chi connectivity index (χ1) is 19.2. The molecule has 0 spiro atoms. The number of esters is 1. The summed E-state index contributed by atoms with van der Waals surface area (Å²) in [5, 5.41) is 69.7. The number of ether oxygens (including phenoxy) is 3. The zero-order chi connectivity index (χ0) is 30.1. The molecule has 0 radical (unpaired) electrons. The SMILES string of the molecule is CC(O)(CC(=O)O)CC(=O)OC[C@H]1OC(Oc2cc(O)c3c(=O)cc(-c4ccc(O)cc4)oc3c2)[C@H](O)[C@@H](O)[C@@H]1O. The Bertz CT molecular complexity index is 1480. The van der Waals surface area contributed by atoms with Gasteiger partial charge in [-0.1, -0.05) is 0 Å². The van der Waals surface area contributed by atoms with Gasteiger partial charge in [-0.25, -0.2) is 0 Å². The number of aromatic hydroxyl groups is 2. The van der Waals surface area contributed by atoms with Crippen LogP contribution in [0, 0.1) is 0 Å². The summed E-state index contributed by atoms with van der Waals surface area (Å²) in [5.74, 6) is -2.90. The van der Waals surface area contributed by atoms with Crippen molar-refractivity contribution < 1.29 is 64.0 Å². The molecule has 14 heteroatoms. The van der Waals surface area contributed by atoms with Crippen LogP contribution in [0.3, 0.4) is 0 Å². The van der Waals surface area contributed by atoms with E-state index in [9.17, 15) is 45.0 Å². The van der Waals surface area contributed by atoms with Crippen LogP contribution in [0.1, 0.15) is 19.8 Å². The largest absolute Gasteiger partial charge is 0.508 e. The van der Waals surface area contributed by atoms with E-state index in [1.165, 1.54) is 30.3 Å². The molecular formula is C27H28O14. The molecule has 2 aromatic carbocycles. The van der Waals surface area contributed by atoms with Gasteiger partial charge in [-0.2, -0.15) is 0 Å². The van der Waals surface area contributed by atoms with Gasteiger partial charge < -0.3 is 54.4 Å². The van der Waals surface area contributed by atoms with E-state index in [4.69, 9.17) is 23.7 Å². The van der Waals surface area contributed by atoms with Crippen LogP contribution in [0.4, 0.5) is 0 Å². The molecule has 4 rings (SSSR count). The molecule has 220 valence electrons. The van der Waals surface area contributed by atoms with Crippen molar-refractivity contribution in [1.82, 2.24) is 0 Å². The molecule has 14 nitrogen and oxygen atoms in total. The number of fused-ring (bicyclic) bond motifs is 1. The van der Waals surface area contributed by atoms with E-state index in [0.29, 0.717) is 5.56 Å². The summed E-state index contributed by atoms with van der Waals surface area (Å²) in [6.07, 6.45) is -9.83. The lowest BCUT2D eigenvalue weighted by Crippen LogP contribution is -2.60. The van der Waals surface area contributed by atoms with Crippen molar-refractivity contribution in [2.75, 3.05) is 6.61 Å². The lowest BCUT2D eigenvalue weighted by Gasteiger charge is -2.40. The highest BCUT2D eigenvalue weighted by Gasteiger charge is 2.45. The summed E-state index contributed by atoms with van der Waals surface area (Å²) >= 11 is 0. The summed E-state index contributed by atoms with van der Waals surface area (Å²) in [6, 6.07) is 9.25. The van der Waals surface area contributed by atoms with Crippen molar-refractivity contribution in [3.05, 3.63) is 52.7 Å². The van der Waals surface area contributed by atoms with Crippen LogP contribution in [-0.4, -0.2) is 90.6 Å². The normalized spacial score (nSPS) is 24.0. The Morgan fingerprint density at radius 1 is 0.976 bits per heavy atom. The lowest BCUT2D eigenvalue weighted by molar-refractivity contribution is -0.278. The van der Waals surface area contributed by atoms with E-state index in [1.807, 2.05) is 0 Å². The van der Waals surface area contributed by atoms with Crippen molar-refractivity contribution in [3.8, 4) is 28.6 Å². The van der Waals surface area contributed by atoms with E-state index >= 15 is 0 Å².